The van der Waals surface area contributed by atoms with E-state index in [9.17, 15) is 9.90 Å². The van der Waals surface area contributed by atoms with Crippen molar-refractivity contribution in [1.82, 2.24) is 15.0 Å². The van der Waals surface area contributed by atoms with Crippen LogP contribution in [0.5, 0.6) is 0 Å². The van der Waals surface area contributed by atoms with Crippen molar-refractivity contribution in [1.29, 1.82) is 0 Å². The number of rotatable bonds is 8. The van der Waals surface area contributed by atoms with E-state index >= 15 is 0 Å². The van der Waals surface area contributed by atoms with Crippen LogP contribution in [0.1, 0.15) is 34.0 Å². The number of benzene rings is 1. The number of carboxylic acid groups (broad SMARTS) is 1. The third-order valence-corrected chi connectivity index (χ3v) is 5.75. The van der Waals surface area contributed by atoms with Crippen LogP contribution >= 0.6 is 23.1 Å². The molecule has 0 amide bonds. The number of nitrogens with zero attached hydrogens (tertiary/aromatic N) is 3. The van der Waals surface area contributed by atoms with Gasteiger partial charge in [0.1, 0.15) is 5.82 Å². The number of carbonyl (C=O) groups is 1. The summed E-state index contributed by atoms with van der Waals surface area (Å²) in [5.74, 6) is -0.201. The van der Waals surface area contributed by atoms with E-state index in [0.717, 1.165) is 25.9 Å². The Hall–Kier alpha value is -2.03. The molecule has 0 aliphatic rings. The Morgan fingerprint density at radius 2 is 1.96 bits per heavy atom. The van der Waals surface area contributed by atoms with Crippen LogP contribution in [-0.2, 0) is 12.8 Å². The van der Waals surface area contributed by atoms with Crippen LogP contribution in [0.15, 0.2) is 35.5 Å². The van der Waals surface area contributed by atoms with Gasteiger partial charge in [0.05, 0.1) is 26.9 Å². The van der Waals surface area contributed by atoms with E-state index in [4.69, 9.17) is 5.11 Å². The van der Waals surface area contributed by atoms with Gasteiger partial charge in [-0.1, -0.05) is 0 Å². The fourth-order valence-electron chi connectivity index (χ4n) is 2.52. The molecule has 0 saturated carbocycles. The lowest BCUT2D eigenvalue weighted by molar-refractivity contribution is 0.0697. The number of aryl methyl sites for hydroxylation is 2. The molecule has 0 unspecified atom stereocenters. The van der Waals surface area contributed by atoms with Gasteiger partial charge in [0.25, 0.3) is 0 Å². The van der Waals surface area contributed by atoms with E-state index in [1.54, 1.807) is 42.4 Å². The molecule has 26 heavy (non-hydrogen) atoms. The van der Waals surface area contributed by atoms with Crippen LogP contribution in [0, 0.1) is 0 Å². The highest BCUT2D eigenvalue weighted by molar-refractivity contribution is 7.98. The molecule has 0 bridgehead atoms. The number of hydrogen-bond donors (Lipinski definition) is 2. The standard InChI is InChI=1S/C18H19N3O3S2/c1-25-13-9-19-16(20-10-13)6-3-12(22)4-7-17-21-14-5-2-11(18(23)24)8-15(14)26-17/h2,5,8-10,12,22H,3-4,6-7H2,1H3,(H,23,24)/t12-/m1/s1. The Morgan fingerprint density at radius 1 is 1.23 bits per heavy atom. The van der Waals surface area contributed by atoms with Crippen molar-refractivity contribution >= 4 is 39.3 Å². The fraction of sp³-hybridized carbons (Fsp3) is 0.333. The first-order valence-corrected chi connectivity index (χ1v) is 10.2. The van der Waals surface area contributed by atoms with Crippen molar-refractivity contribution < 1.29 is 15.0 Å². The van der Waals surface area contributed by atoms with E-state index in [2.05, 4.69) is 15.0 Å². The van der Waals surface area contributed by atoms with Crippen molar-refractivity contribution in [2.45, 2.75) is 36.7 Å². The summed E-state index contributed by atoms with van der Waals surface area (Å²) in [6.07, 6.45) is 7.64. The molecule has 1 atom stereocenters. The SMILES string of the molecule is CSc1cnc(CC[C@@H](O)CCc2nc3ccc(C(=O)O)cc3s2)nc1. The summed E-state index contributed by atoms with van der Waals surface area (Å²) in [6, 6.07) is 4.93. The first kappa shape index (κ1) is 18.8. The van der Waals surface area contributed by atoms with E-state index in [-0.39, 0.29) is 5.56 Å². The van der Waals surface area contributed by atoms with Gasteiger partial charge in [0.15, 0.2) is 0 Å². The van der Waals surface area contributed by atoms with Gasteiger partial charge in [-0.3, -0.25) is 0 Å². The molecule has 2 N–H and O–H groups in total. The second-order valence-corrected chi connectivity index (χ2v) is 7.86. The zero-order valence-electron chi connectivity index (χ0n) is 14.3. The molecule has 136 valence electrons. The predicted octanol–water partition coefficient (Wildman–Crippen LogP) is 3.43. The molecule has 2 aromatic heterocycles. The van der Waals surface area contributed by atoms with Crippen LogP contribution in [0.4, 0.5) is 0 Å². The molecular formula is C18H19N3O3S2. The second kappa shape index (κ2) is 8.57. The predicted molar refractivity (Wildman–Crippen MR) is 103 cm³/mol. The lowest BCUT2D eigenvalue weighted by Gasteiger charge is -2.08. The zero-order chi connectivity index (χ0) is 18.5. The third kappa shape index (κ3) is 4.78. The molecule has 0 fully saturated rings. The molecule has 2 heterocycles. The van der Waals surface area contributed by atoms with Crippen LogP contribution in [0.2, 0.25) is 0 Å². The van der Waals surface area contributed by atoms with Crippen LogP contribution in [0.25, 0.3) is 10.2 Å². The Kier molecular flexibility index (Phi) is 6.18. The van der Waals surface area contributed by atoms with Crippen LogP contribution < -0.4 is 0 Å². The van der Waals surface area contributed by atoms with Crippen molar-refractivity contribution in [2.75, 3.05) is 6.26 Å². The molecule has 0 aliphatic heterocycles. The van der Waals surface area contributed by atoms with Crippen molar-refractivity contribution in [2.24, 2.45) is 0 Å². The fourth-order valence-corrected chi connectivity index (χ4v) is 3.86. The van der Waals surface area contributed by atoms with E-state index < -0.39 is 12.1 Å². The van der Waals surface area contributed by atoms with Crippen molar-refractivity contribution in [3.05, 3.63) is 47.0 Å². The maximum atomic E-state index is 11.0. The summed E-state index contributed by atoms with van der Waals surface area (Å²) in [5.41, 5.74) is 1.06. The molecule has 0 saturated heterocycles. The van der Waals surface area contributed by atoms with Gasteiger partial charge in [0, 0.05) is 30.1 Å². The minimum atomic E-state index is -0.940. The number of aliphatic hydroxyl groups is 1. The minimum Gasteiger partial charge on any atom is -0.478 e. The van der Waals surface area contributed by atoms with Crippen LogP contribution in [-0.4, -0.2) is 43.5 Å². The van der Waals surface area contributed by atoms with E-state index in [1.807, 2.05) is 6.26 Å². The maximum Gasteiger partial charge on any atom is 0.335 e. The van der Waals surface area contributed by atoms with Gasteiger partial charge in [-0.15, -0.1) is 23.1 Å². The molecule has 0 spiro atoms. The van der Waals surface area contributed by atoms with Gasteiger partial charge in [-0.25, -0.2) is 19.7 Å². The molecular weight excluding hydrogens is 370 g/mol. The molecule has 8 heteroatoms. The zero-order valence-corrected chi connectivity index (χ0v) is 15.9. The topological polar surface area (TPSA) is 96.2 Å². The molecule has 6 nitrogen and oxygen atoms in total. The first-order valence-electron chi connectivity index (χ1n) is 8.21. The molecule has 1 aromatic carbocycles. The third-order valence-electron chi connectivity index (χ3n) is 3.99. The number of thioether (sulfide) groups is 1. The first-order chi connectivity index (χ1) is 12.5. The number of hydrogen-bond acceptors (Lipinski definition) is 7. The quantitative estimate of drug-likeness (QED) is 0.570. The summed E-state index contributed by atoms with van der Waals surface area (Å²) < 4.78 is 0.858. The highest BCUT2D eigenvalue weighted by Gasteiger charge is 2.11. The van der Waals surface area contributed by atoms with Gasteiger partial charge in [-0.2, -0.15) is 0 Å². The molecule has 3 aromatic rings. The lowest BCUT2D eigenvalue weighted by Crippen LogP contribution is -2.10. The number of thiazole rings is 1. The summed E-state index contributed by atoms with van der Waals surface area (Å²) in [5, 5.41) is 20.2. The minimum absolute atomic E-state index is 0.264. The van der Waals surface area contributed by atoms with Gasteiger partial charge < -0.3 is 10.2 Å². The Morgan fingerprint density at radius 3 is 2.65 bits per heavy atom. The van der Waals surface area contributed by atoms with E-state index in [1.165, 1.54) is 11.3 Å². The van der Waals surface area contributed by atoms with Crippen molar-refractivity contribution in [3.8, 4) is 0 Å². The number of aromatic nitrogens is 3. The average molecular weight is 390 g/mol. The molecule has 3 rings (SSSR count). The molecule has 0 radical (unpaired) electrons. The summed E-state index contributed by atoms with van der Waals surface area (Å²) in [7, 11) is 0. The Bertz CT molecular complexity index is 896. The Labute approximate surface area is 159 Å². The summed E-state index contributed by atoms with van der Waals surface area (Å²) in [6.45, 7) is 0. The average Bonchev–Trinajstić information content (AvgIpc) is 3.07. The van der Waals surface area contributed by atoms with Gasteiger partial charge in [0.2, 0.25) is 0 Å². The number of carboxylic acids is 1. The smallest absolute Gasteiger partial charge is 0.335 e. The van der Waals surface area contributed by atoms with Crippen LogP contribution in [0.3, 0.4) is 0 Å². The summed E-state index contributed by atoms with van der Waals surface area (Å²) in [4.78, 5) is 25.1. The monoisotopic (exact) mass is 389 g/mol. The highest BCUT2D eigenvalue weighted by Crippen LogP contribution is 2.25. The normalized spacial score (nSPS) is 12.4. The number of fused-ring (bicyclic) bond motifs is 1. The summed E-state index contributed by atoms with van der Waals surface area (Å²) >= 11 is 3.08. The number of aromatic carboxylic acids is 1. The van der Waals surface area contributed by atoms with Crippen molar-refractivity contribution in [3.63, 3.8) is 0 Å². The largest absolute Gasteiger partial charge is 0.478 e. The van der Waals surface area contributed by atoms with Gasteiger partial charge >= 0.3 is 5.97 Å². The molecule has 0 aliphatic carbocycles. The number of aliphatic hydroxyl groups excluding tert-OH is 1. The highest BCUT2D eigenvalue weighted by atomic mass is 32.2. The Balaban J connectivity index is 1.52. The second-order valence-electron chi connectivity index (χ2n) is 5.87. The van der Waals surface area contributed by atoms with Gasteiger partial charge in [-0.05, 0) is 37.3 Å². The van der Waals surface area contributed by atoms with E-state index in [0.29, 0.717) is 25.7 Å². The maximum absolute atomic E-state index is 11.0. The lowest BCUT2D eigenvalue weighted by atomic mass is 10.1.